The molecule has 2 aromatic heterocycles. The molecule has 0 N–H and O–H groups in total. The van der Waals surface area contributed by atoms with Gasteiger partial charge in [0.05, 0.1) is 23.9 Å². The highest BCUT2D eigenvalue weighted by Gasteiger charge is 2.44. The number of aryl methyl sites for hydroxylation is 1. The molecule has 24 heavy (non-hydrogen) atoms. The van der Waals surface area contributed by atoms with E-state index in [4.69, 9.17) is 9.47 Å². The molecule has 0 aromatic carbocycles. The summed E-state index contributed by atoms with van der Waals surface area (Å²) in [6.07, 6.45) is 6.28. The van der Waals surface area contributed by atoms with E-state index in [1.165, 1.54) is 11.3 Å². The molecule has 0 spiro atoms. The van der Waals surface area contributed by atoms with Gasteiger partial charge in [-0.25, -0.2) is 4.98 Å². The predicted octanol–water partition coefficient (Wildman–Crippen LogP) is 2.80. The van der Waals surface area contributed by atoms with Crippen LogP contribution < -0.4 is 0 Å². The molecule has 2 fully saturated rings. The van der Waals surface area contributed by atoms with Crippen LogP contribution in [0.3, 0.4) is 0 Å². The Balaban J connectivity index is 1.44. The Morgan fingerprint density at radius 3 is 3.04 bits per heavy atom. The lowest BCUT2D eigenvalue weighted by molar-refractivity contribution is -0.0819. The topological polar surface area (TPSA) is 47.5 Å². The van der Waals surface area contributed by atoms with Crippen molar-refractivity contribution in [1.82, 2.24) is 14.9 Å². The second kappa shape index (κ2) is 7.27. The van der Waals surface area contributed by atoms with Gasteiger partial charge in [-0.15, -0.1) is 11.3 Å². The third-order valence-electron chi connectivity index (χ3n) is 4.99. The second-order valence-corrected chi connectivity index (χ2v) is 7.48. The van der Waals surface area contributed by atoms with Gasteiger partial charge in [-0.3, -0.25) is 9.88 Å². The third kappa shape index (κ3) is 3.37. The smallest absolute Gasteiger partial charge is 0.100 e. The number of fused-ring (bicyclic) bond motifs is 1. The highest BCUT2D eigenvalue weighted by Crippen LogP contribution is 2.33. The molecule has 5 nitrogen and oxygen atoms in total. The van der Waals surface area contributed by atoms with Crippen LogP contribution in [0.4, 0.5) is 0 Å². The molecule has 4 heterocycles. The minimum absolute atomic E-state index is 0.136. The fourth-order valence-corrected chi connectivity index (χ4v) is 4.48. The van der Waals surface area contributed by atoms with E-state index in [1.54, 1.807) is 11.3 Å². The summed E-state index contributed by atoms with van der Waals surface area (Å²) in [6.45, 7) is 5.44. The Labute approximate surface area is 146 Å². The summed E-state index contributed by atoms with van der Waals surface area (Å²) in [4.78, 5) is 12.3. The number of aromatic nitrogens is 2. The SMILES string of the molecule is Cc1ncsc1CN1C[C@@H](OCc2ccncc2)[C@H]2OCCC[C@H]21. The average molecular weight is 345 g/mol. The zero-order valence-electron chi connectivity index (χ0n) is 13.9. The van der Waals surface area contributed by atoms with E-state index >= 15 is 0 Å². The first-order valence-electron chi connectivity index (χ1n) is 8.56. The number of pyridine rings is 1. The summed E-state index contributed by atoms with van der Waals surface area (Å²) in [5, 5.41) is 0. The zero-order valence-corrected chi connectivity index (χ0v) is 14.7. The van der Waals surface area contributed by atoms with Gasteiger partial charge in [-0.1, -0.05) is 0 Å². The summed E-state index contributed by atoms with van der Waals surface area (Å²) in [5.74, 6) is 0. The van der Waals surface area contributed by atoms with Gasteiger partial charge in [0.2, 0.25) is 0 Å². The fourth-order valence-electron chi connectivity index (χ4n) is 3.68. The number of nitrogens with zero attached hydrogens (tertiary/aromatic N) is 3. The summed E-state index contributed by atoms with van der Waals surface area (Å²) in [6, 6.07) is 4.47. The molecule has 0 bridgehead atoms. The van der Waals surface area contributed by atoms with E-state index < -0.39 is 0 Å². The average Bonchev–Trinajstić information content (AvgIpc) is 3.19. The second-order valence-electron chi connectivity index (χ2n) is 6.54. The van der Waals surface area contributed by atoms with Crippen molar-refractivity contribution in [3.8, 4) is 0 Å². The first kappa shape index (κ1) is 16.1. The van der Waals surface area contributed by atoms with Gasteiger partial charge in [0.25, 0.3) is 0 Å². The molecule has 0 saturated carbocycles. The lowest BCUT2D eigenvalue weighted by atomic mass is 10.0. The van der Waals surface area contributed by atoms with Crippen LogP contribution in [0, 0.1) is 6.92 Å². The molecular formula is C18H23N3O2S. The molecule has 2 aromatic rings. The van der Waals surface area contributed by atoms with E-state index in [2.05, 4.69) is 21.8 Å². The highest BCUT2D eigenvalue weighted by atomic mass is 32.1. The van der Waals surface area contributed by atoms with Gasteiger partial charge in [0.1, 0.15) is 6.10 Å². The first-order chi connectivity index (χ1) is 11.8. The molecule has 0 radical (unpaired) electrons. The monoisotopic (exact) mass is 345 g/mol. The summed E-state index contributed by atoms with van der Waals surface area (Å²) in [5.41, 5.74) is 4.25. The Morgan fingerprint density at radius 2 is 2.25 bits per heavy atom. The van der Waals surface area contributed by atoms with Crippen LogP contribution in [-0.2, 0) is 22.6 Å². The van der Waals surface area contributed by atoms with E-state index in [0.717, 1.165) is 37.4 Å². The number of likely N-dealkylation sites (tertiary alicyclic amines) is 1. The molecule has 2 aliphatic rings. The number of hydrogen-bond donors (Lipinski definition) is 0. The molecule has 2 aliphatic heterocycles. The number of hydrogen-bond acceptors (Lipinski definition) is 6. The Hall–Kier alpha value is -1.34. The number of rotatable bonds is 5. The predicted molar refractivity (Wildman–Crippen MR) is 92.8 cm³/mol. The zero-order chi connectivity index (χ0) is 16.4. The van der Waals surface area contributed by atoms with Crippen molar-refractivity contribution >= 4 is 11.3 Å². The molecule has 0 amide bonds. The van der Waals surface area contributed by atoms with Crippen LogP contribution >= 0.6 is 11.3 Å². The van der Waals surface area contributed by atoms with Crippen molar-refractivity contribution in [3.05, 3.63) is 46.2 Å². The van der Waals surface area contributed by atoms with Gasteiger partial charge in [-0.2, -0.15) is 0 Å². The van der Waals surface area contributed by atoms with Gasteiger partial charge in [0.15, 0.2) is 0 Å². The molecular weight excluding hydrogens is 322 g/mol. The fraction of sp³-hybridized carbons (Fsp3) is 0.556. The largest absolute Gasteiger partial charge is 0.374 e. The van der Waals surface area contributed by atoms with Crippen LogP contribution in [0.2, 0.25) is 0 Å². The van der Waals surface area contributed by atoms with E-state index in [-0.39, 0.29) is 12.2 Å². The van der Waals surface area contributed by atoms with Gasteiger partial charge < -0.3 is 9.47 Å². The highest BCUT2D eigenvalue weighted by molar-refractivity contribution is 7.09. The van der Waals surface area contributed by atoms with Crippen molar-refractivity contribution < 1.29 is 9.47 Å². The third-order valence-corrected chi connectivity index (χ3v) is 5.91. The van der Waals surface area contributed by atoms with Gasteiger partial charge >= 0.3 is 0 Å². The minimum atomic E-state index is 0.136. The van der Waals surface area contributed by atoms with Crippen LogP contribution in [0.5, 0.6) is 0 Å². The van der Waals surface area contributed by atoms with E-state index in [0.29, 0.717) is 12.6 Å². The quantitative estimate of drug-likeness (QED) is 0.834. The van der Waals surface area contributed by atoms with Crippen molar-refractivity contribution in [1.29, 1.82) is 0 Å². The summed E-state index contributed by atoms with van der Waals surface area (Å²) < 4.78 is 12.3. The molecule has 3 atom stereocenters. The van der Waals surface area contributed by atoms with E-state index in [1.807, 2.05) is 30.0 Å². The number of ether oxygens (including phenoxy) is 2. The van der Waals surface area contributed by atoms with Gasteiger partial charge in [0, 0.05) is 43.0 Å². The van der Waals surface area contributed by atoms with E-state index in [9.17, 15) is 0 Å². The number of thiazole rings is 1. The van der Waals surface area contributed by atoms with Crippen molar-refractivity contribution in [2.45, 2.75) is 51.2 Å². The minimum Gasteiger partial charge on any atom is -0.374 e. The summed E-state index contributed by atoms with van der Waals surface area (Å²) >= 11 is 1.75. The molecule has 0 aliphatic carbocycles. The maximum absolute atomic E-state index is 6.23. The van der Waals surface area contributed by atoms with Crippen LogP contribution in [0.25, 0.3) is 0 Å². The maximum Gasteiger partial charge on any atom is 0.100 e. The van der Waals surface area contributed by atoms with Crippen molar-refractivity contribution in [3.63, 3.8) is 0 Å². The Bertz CT molecular complexity index is 663. The standard InChI is InChI=1S/C18H23N3O2S/c1-13-17(24-12-20-13)10-21-9-16(18-15(21)3-2-8-22-18)23-11-14-4-6-19-7-5-14/h4-7,12,15-16,18H,2-3,8-11H2,1H3/t15-,16-,18+/m1/s1. The lowest BCUT2D eigenvalue weighted by Gasteiger charge is -2.32. The Morgan fingerprint density at radius 1 is 1.38 bits per heavy atom. The molecule has 2 saturated heterocycles. The Kier molecular flexibility index (Phi) is 4.89. The van der Waals surface area contributed by atoms with Crippen molar-refractivity contribution in [2.75, 3.05) is 13.2 Å². The van der Waals surface area contributed by atoms with Crippen LogP contribution in [0.15, 0.2) is 30.0 Å². The van der Waals surface area contributed by atoms with Crippen LogP contribution in [-0.4, -0.2) is 46.3 Å². The molecule has 0 unspecified atom stereocenters. The normalized spacial score (nSPS) is 27.3. The summed E-state index contributed by atoms with van der Waals surface area (Å²) in [7, 11) is 0. The van der Waals surface area contributed by atoms with Gasteiger partial charge in [-0.05, 0) is 37.5 Å². The first-order valence-corrected chi connectivity index (χ1v) is 9.44. The molecule has 6 heteroatoms. The molecule has 4 rings (SSSR count). The van der Waals surface area contributed by atoms with Crippen LogP contribution in [0.1, 0.15) is 29.0 Å². The maximum atomic E-state index is 6.23. The van der Waals surface area contributed by atoms with Crippen molar-refractivity contribution in [2.24, 2.45) is 0 Å². The molecule has 128 valence electrons. The lowest BCUT2D eigenvalue weighted by Crippen LogP contribution is -2.41.